The molecule has 0 fully saturated rings. The molecule has 1 amide bonds. The third kappa shape index (κ3) is 3.75. The molecule has 0 saturated heterocycles. The van der Waals surface area contributed by atoms with E-state index in [0.717, 1.165) is 6.07 Å². The molecule has 0 saturated carbocycles. The molecule has 154 valence electrons. The van der Waals surface area contributed by atoms with Gasteiger partial charge in [-0.1, -0.05) is 11.6 Å². The molecule has 1 N–H and O–H groups in total. The fourth-order valence-corrected chi connectivity index (χ4v) is 2.82. The number of hydrogen-bond donors (Lipinski definition) is 1. The van der Waals surface area contributed by atoms with Crippen LogP contribution >= 0.6 is 11.6 Å². The minimum Gasteiger partial charge on any atom is -0.462 e. The fourth-order valence-electron chi connectivity index (χ4n) is 2.57. The third-order valence-electron chi connectivity index (χ3n) is 3.83. The Labute approximate surface area is 166 Å². The second kappa shape index (κ2) is 7.35. The third-order valence-corrected chi connectivity index (χ3v) is 4.18. The van der Waals surface area contributed by atoms with Crippen LogP contribution in [0.4, 0.5) is 19.0 Å². The van der Waals surface area contributed by atoms with Crippen LogP contribution in [0.25, 0.3) is 5.65 Å². The van der Waals surface area contributed by atoms with Crippen molar-refractivity contribution in [2.45, 2.75) is 20.0 Å². The Morgan fingerprint density at radius 1 is 1.34 bits per heavy atom. The molecule has 0 spiro atoms. The molecule has 3 heterocycles. The van der Waals surface area contributed by atoms with Crippen LogP contribution in [0.5, 0.6) is 0 Å². The van der Waals surface area contributed by atoms with E-state index in [1.54, 1.807) is 6.92 Å². The summed E-state index contributed by atoms with van der Waals surface area (Å²) < 4.78 is 46.5. The second-order valence-electron chi connectivity index (χ2n) is 5.88. The number of hydrogen-bond acceptors (Lipinski definition) is 6. The predicted molar refractivity (Wildman–Crippen MR) is 94.9 cm³/mol. The summed E-state index contributed by atoms with van der Waals surface area (Å²) in [6.45, 7) is 3.07. The first-order valence-electron chi connectivity index (χ1n) is 8.18. The van der Waals surface area contributed by atoms with E-state index in [1.165, 1.54) is 24.9 Å². The smallest absolute Gasteiger partial charge is 0.433 e. The van der Waals surface area contributed by atoms with Crippen molar-refractivity contribution in [2.24, 2.45) is 7.05 Å². The number of carbonyl (C=O) groups is 2. The van der Waals surface area contributed by atoms with E-state index in [2.05, 4.69) is 20.5 Å². The summed E-state index contributed by atoms with van der Waals surface area (Å²) in [4.78, 5) is 28.6. The van der Waals surface area contributed by atoms with Crippen LogP contribution in [0.15, 0.2) is 12.3 Å². The summed E-state index contributed by atoms with van der Waals surface area (Å²) in [6, 6.07) is 0.790. The maximum Gasteiger partial charge on any atom is 0.433 e. The standard InChI is InChI=1S/C16H14ClF3N6O3/c1-4-29-15(28)8-6-21-25(3)12(8)23-14(27)11-10(17)13-22-7(2)5-9(16(18,19)20)26(13)24-11/h5-6H,4H2,1-3H3,(H,23,27). The number of nitrogens with zero attached hydrogens (tertiary/aromatic N) is 5. The maximum atomic E-state index is 13.3. The number of carbonyl (C=O) groups excluding carboxylic acids is 2. The van der Waals surface area contributed by atoms with Crippen LogP contribution < -0.4 is 5.32 Å². The van der Waals surface area contributed by atoms with Gasteiger partial charge >= 0.3 is 12.1 Å². The Hall–Kier alpha value is -3.15. The normalized spacial score (nSPS) is 11.7. The van der Waals surface area contributed by atoms with Crippen molar-refractivity contribution in [3.05, 3.63) is 39.9 Å². The van der Waals surface area contributed by atoms with Crippen LogP contribution in [-0.2, 0) is 18.0 Å². The molecule has 3 aromatic rings. The van der Waals surface area contributed by atoms with Gasteiger partial charge < -0.3 is 10.1 Å². The number of aromatic nitrogens is 5. The van der Waals surface area contributed by atoms with E-state index in [0.29, 0.717) is 4.52 Å². The minimum absolute atomic E-state index is 0.0262. The van der Waals surface area contributed by atoms with E-state index in [1.807, 2.05) is 0 Å². The molecular weight excluding hydrogens is 417 g/mol. The molecule has 3 aromatic heterocycles. The molecular formula is C16H14ClF3N6O3. The molecule has 13 heteroatoms. The van der Waals surface area contributed by atoms with E-state index >= 15 is 0 Å². The average molecular weight is 431 g/mol. The molecule has 0 aliphatic carbocycles. The van der Waals surface area contributed by atoms with Crippen LogP contribution in [0, 0.1) is 6.92 Å². The summed E-state index contributed by atoms with van der Waals surface area (Å²) in [5.41, 5.74) is -1.93. The first kappa shape index (κ1) is 20.6. The van der Waals surface area contributed by atoms with Gasteiger partial charge in [-0.05, 0) is 19.9 Å². The highest BCUT2D eigenvalue weighted by Crippen LogP contribution is 2.32. The largest absolute Gasteiger partial charge is 0.462 e. The van der Waals surface area contributed by atoms with Gasteiger partial charge in [0, 0.05) is 12.7 Å². The molecule has 0 unspecified atom stereocenters. The van der Waals surface area contributed by atoms with Crippen LogP contribution in [0.2, 0.25) is 5.02 Å². The lowest BCUT2D eigenvalue weighted by Crippen LogP contribution is -2.19. The quantitative estimate of drug-likeness (QED) is 0.638. The molecule has 0 aromatic carbocycles. The monoisotopic (exact) mass is 430 g/mol. The summed E-state index contributed by atoms with van der Waals surface area (Å²) >= 11 is 6.09. The zero-order valence-electron chi connectivity index (χ0n) is 15.3. The second-order valence-corrected chi connectivity index (χ2v) is 6.26. The van der Waals surface area contributed by atoms with Gasteiger partial charge in [0.25, 0.3) is 5.91 Å². The summed E-state index contributed by atoms with van der Waals surface area (Å²) in [7, 11) is 1.45. The molecule has 0 bridgehead atoms. The van der Waals surface area contributed by atoms with Gasteiger partial charge in [-0.2, -0.15) is 23.4 Å². The lowest BCUT2D eigenvalue weighted by Gasteiger charge is -2.09. The molecule has 0 aliphatic rings. The number of alkyl halides is 3. The van der Waals surface area contributed by atoms with Crippen molar-refractivity contribution < 1.29 is 27.5 Å². The van der Waals surface area contributed by atoms with Crippen molar-refractivity contribution in [1.82, 2.24) is 24.4 Å². The number of halogens is 4. The lowest BCUT2D eigenvalue weighted by molar-refractivity contribution is -0.142. The van der Waals surface area contributed by atoms with Gasteiger partial charge in [-0.25, -0.2) is 14.3 Å². The Kier molecular flexibility index (Phi) is 5.22. The van der Waals surface area contributed by atoms with Crippen molar-refractivity contribution >= 4 is 34.9 Å². The molecule has 29 heavy (non-hydrogen) atoms. The Balaban J connectivity index is 2.05. The Morgan fingerprint density at radius 3 is 2.66 bits per heavy atom. The Bertz CT molecular complexity index is 1120. The summed E-state index contributed by atoms with van der Waals surface area (Å²) in [5, 5.41) is 9.57. The van der Waals surface area contributed by atoms with Gasteiger partial charge in [0.05, 0.1) is 12.8 Å². The van der Waals surface area contributed by atoms with Crippen molar-refractivity contribution in [3.63, 3.8) is 0 Å². The number of esters is 1. The summed E-state index contributed by atoms with van der Waals surface area (Å²) in [6.07, 6.45) is -3.56. The van der Waals surface area contributed by atoms with E-state index in [9.17, 15) is 22.8 Å². The number of anilines is 1. The average Bonchev–Trinajstić information content (AvgIpc) is 3.15. The van der Waals surface area contributed by atoms with E-state index in [-0.39, 0.29) is 34.4 Å². The zero-order valence-corrected chi connectivity index (χ0v) is 16.1. The zero-order chi connectivity index (χ0) is 21.5. The van der Waals surface area contributed by atoms with Gasteiger partial charge in [0.2, 0.25) is 0 Å². The maximum absolute atomic E-state index is 13.3. The van der Waals surface area contributed by atoms with E-state index in [4.69, 9.17) is 16.3 Å². The summed E-state index contributed by atoms with van der Waals surface area (Å²) in [5.74, 6) is -1.70. The molecule has 3 rings (SSSR count). The van der Waals surface area contributed by atoms with Gasteiger partial charge in [0.1, 0.15) is 22.1 Å². The van der Waals surface area contributed by atoms with Crippen molar-refractivity contribution in [3.8, 4) is 0 Å². The predicted octanol–water partition coefficient (Wildman–Crippen LogP) is 2.87. The highest BCUT2D eigenvalue weighted by molar-refractivity contribution is 6.37. The molecule has 0 radical (unpaired) electrons. The number of fused-ring (bicyclic) bond motifs is 1. The van der Waals surface area contributed by atoms with Crippen LogP contribution in [0.1, 0.15) is 39.2 Å². The first-order valence-corrected chi connectivity index (χ1v) is 8.56. The topological polar surface area (TPSA) is 103 Å². The Morgan fingerprint density at radius 2 is 2.03 bits per heavy atom. The van der Waals surface area contributed by atoms with Gasteiger partial charge in [0.15, 0.2) is 11.3 Å². The van der Waals surface area contributed by atoms with Crippen molar-refractivity contribution in [1.29, 1.82) is 0 Å². The number of nitrogens with one attached hydrogen (secondary N) is 1. The highest BCUT2D eigenvalue weighted by Gasteiger charge is 2.36. The van der Waals surface area contributed by atoms with Crippen LogP contribution in [-0.4, -0.2) is 42.9 Å². The first-order chi connectivity index (χ1) is 13.5. The number of aryl methyl sites for hydroxylation is 2. The number of amides is 1. The number of rotatable bonds is 4. The molecule has 0 atom stereocenters. The fraction of sp³-hybridized carbons (Fsp3) is 0.312. The molecule has 9 nitrogen and oxygen atoms in total. The highest BCUT2D eigenvalue weighted by atomic mass is 35.5. The lowest BCUT2D eigenvalue weighted by atomic mass is 10.3. The van der Waals surface area contributed by atoms with Gasteiger partial charge in [-0.3, -0.25) is 9.48 Å². The van der Waals surface area contributed by atoms with Gasteiger partial charge in [-0.15, -0.1) is 0 Å². The number of ether oxygens (including phenoxy) is 1. The minimum atomic E-state index is -4.74. The molecule has 0 aliphatic heterocycles. The van der Waals surface area contributed by atoms with E-state index < -0.39 is 29.4 Å². The SMILES string of the molecule is CCOC(=O)c1cnn(C)c1NC(=O)c1nn2c(C(F)(F)F)cc(C)nc2c1Cl. The van der Waals surface area contributed by atoms with Crippen LogP contribution in [0.3, 0.4) is 0 Å². The van der Waals surface area contributed by atoms with Crippen molar-refractivity contribution in [2.75, 3.05) is 11.9 Å².